The maximum absolute atomic E-state index is 11.8. The number of carbonyl (C=O) groups is 1. The number of thiophene rings is 1. The van der Waals surface area contributed by atoms with E-state index in [1.165, 1.54) is 17.8 Å². The van der Waals surface area contributed by atoms with Gasteiger partial charge < -0.3 is 15.2 Å². The molecule has 0 unspecified atom stereocenters. The number of ether oxygens (including phenoxy) is 1. The first-order valence-electron chi connectivity index (χ1n) is 7.88. The van der Waals surface area contributed by atoms with Crippen LogP contribution in [0.4, 0.5) is 4.79 Å². The fraction of sp³-hybridized carbons (Fsp3) is 0.412. The number of hydrogen-bond acceptors (Lipinski definition) is 5. The van der Waals surface area contributed by atoms with E-state index < -0.39 is 6.09 Å². The molecule has 24 heavy (non-hydrogen) atoms. The van der Waals surface area contributed by atoms with Crippen LogP contribution < -0.4 is 5.32 Å². The van der Waals surface area contributed by atoms with Crippen molar-refractivity contribution >= 4 is 29.0 Å². The number of nitrogens with zero attached hydrogens (tertiary/aromatic N) is 1. The highest BCUT2D eigenvalue weighted by atomic mass is 35.5. The molecule has 2 heterocycles. The van der Waals surface area contributed by atoms with E-state index in [1.54, 1.807) is 19.1 Å². The third kappa shape index (κ3) is 3.99. The molecule has 7 heteroatoms. The second-order valence-corrected chi connectivity index (χ2v) is 7.64. The van der Waals surface area contributed by atoms with Crippen LogP contribution in [0.25, 0.3) is 10.6 Å². The second kappa shape index (κ2) is 7.40. The lowest BCUT2D eigenvalue weighted by Gasteiger charge is -2.24. The smallest absolute Gasteiger partial charge is 0.407 e. The number of aryl methyl sites for hydroxylation is 1. The molecular weight excluding hydrogens is 348 g/mol. The molecule has 128 valence electrons. The highest BCUT2D eigenvalue weighted by molar-refractivity contribution is 7.19. The number of rotatable bonds is 5. The molecule has 0 saturated heterocycles. The molecule has 0 aromatic carbocycles. The van der Waals surface area contributed by atoms with Crippen LogP contribution in [0.15, 0.2) is 18.2 Å². The third-order valence-corrected chi connectivity index (χ3v) is 5.50. The minimum absolute atomic E-state index is 0.153. The van der Waals surface area contributed by atoms with Gasteiger partial charge in [0.05, 0.1) is 27.2 Å². The van der Waals surface area contributed by atoms with Crippen LogP contribution in [0.5, 0.6) is 5.75 Å². The van der Waals surface area contributed by atoms with Crippen LogP contribution in [0.3, 0.4) is 0 Å². The predicted octanol–water partition coefficient (Wildman–Crippen LogP) is 4.50. The lowest BCUT2D eigenvalue weighted by atomic mass is 9.86. The molecule has 2 aromatic rings. The predicted molar refractivity (Wildman–Crippen MR) is 94.5 cm³/mol. The second-order valence-electron chi connectivity index (χ2n) is 5.95. The van der Waals surface area contributed by atoms with E-state index in [4.69, 9.17) is 16.3 Å². The van der Waals surface area contributed by atoms with Crippen molar-refractivity contribution in [2.45, 2.75) is 32.7 Å². The van der Waals surface area contributed by atoms with Crippen molar-refractivity contribution in [3.63, 3.8) is 0 Å². The number of halogens is 1. The minimum Gasteiger partial charge on any atom is -0.506 e. The Hall–Kier alpha value is -1.79. The summed E-state index contributed by atoms with van der Waals surface area (Å²) in [6.07, 6.45) is 3.10. The van der Waals surface area contributed by atoms with Gasteiger partial charge in [0.2, 0.25) is 0 Å². The van der Waals surface area contributed by atoms with Crippen LogP contribution in [0.1, 0.15) is 30.5 Å². The Bertz CT molecular complexity index is 743. The Morgan fingerprint density at radius 1 is 1.50 bits per heavy atom. The van der Waals surface area contributed by atoms with E-state index in [0.717, 1.165) is 29.0 Å². The van der Waals surface area contributed by atoms with Gasteiger partial charge >= 0.3 is 6.09 Å². The summed E-state index contributed by atoms with van der Waals surface area (Å²) in [4.78, 5) is 17.1. The summed E-state index contributed by atoms with van der Waals surface area (Å²) in [7, 11) is 0. The first-order valence-corrected chi connectivity index (χ1v) is 9.08. The van der Waals surface area contributed by atoms with E-state index in [0.29, 0.717) is 29.1 Å². The van der Waals surface area contributed by atoms with Gasteiger partial charge in [-0.2, -0.15) is 0 Å². The Morgan fingerprint density at radius 3 is 2.96 bits per heavy atom. The van der Waals surface area contributed by atoms with Crippen molar-refractivity contribution in [1.82, 2.24) is 10.3 Å². The first-order chi connectivity index (χ1) is 11.5. The average Bonchev–Trinajstić information content (AvgIpc) is 2.87. The Balaban J connectivity index is 1.65. The Kier molecular flexibility index (Phi) is 5.26. The molecular formula is C17H19ClN2O3S. The number of nitrogens with one attached hydrogen (secondary N) is 1. The monoisotopic (exact) mass is 366 g/mol. The van der Waals surface area contributed by atoms with Crippen LogP contribution in [0, 0.1) is 12.8 Å². The summed E-state index contributed by atoms with van der Waals surface area (Å²) < 4.78 is 5.85. The number of hydrogen-bond donors (Lipinski definition) is 2. The molecule has 0 spiro atoms. The number of aromatic nitrogens is 1. The topological polar surface area (TPSA) is 71.5 Å². The largest absolute Gasteiger partial charge is 0.506 e. The quantitative estimate of drug-likeness (QED) is 0.817. The molecule has 1 aliphatic carbocycles. The van der Waals surface area contributed by atoms with Crippen molar-refractivity contribution in [3.05, 3.63) is 33.8 Å². The zero-order valence-corrected chi connectivity index (χ0v) is 14.9. The molecule has 5 nitrogen and oxygen atoms in total. The number of carbonyl (C=O) groups excluding carboxylic acids is 1. The number of alkyl carbamates (subject to hydrolysis) is 1. The molecule has 0 atom stereocenters. The summed E-state index contributed by atoms with van der Waals surface area (Å²) in [6, 6.07) is 5.16. The van der Waals surface area contributed by atoms with Crippen molar-refractivity contribution in [3.8, 4) is 16.3 Å². The molecule has 3 rings (SSSR count). The number of amides is 1. The van der Waals surface area contributed by atoms with Crippen LogP contribution >= 0.6 is 22.9 Å². The van der Waals surface area contributed by atoms with Gasteiger partial charge in [0.25, 0.3) is 0 Å². The molecule has 1 saturated carbocycles. The molecule has 2 aromatic heterocycles. The molecule has 0 aliphatic heterocycles. The molecule has 1 amide bonds. The van der Waals surface area contributed by atoms with Crippen LogP contribution in [-0.2, 0) is 11.3 Å². The maximum atomic E-state index is 11.8. The molecule has 2 N–H and O–H groups in total. The fourth-order valence-electron chi connectivity index (χ4n) is 2.49. The zero-order chi connectivity index (χ0) is 17.1. The summed E-state index contributed by atoms with van der Waals surface area (Å²) in [6.45, 7) is 2.55. The average molecular weight is 367 g/mol. The van der Waals surface area contributed by atoms with E-state index >= 15 is 0 Å². The van der Waals surface area contributed by atoms with Gasteiger partial charge in [-0.15, -0.1) is 11.3 Å². The SMILES string of the molecule is Cc1nc(-c2sc(Cl)cc2CNC(=O)OCC2CCC2)ccc1O. The molecule has 0 bridgehead atoms. The standard InChI is InChI=1S/C17H19ClN2O3S/c1-10-14(21)6-5-13(20-10)16-12(7-15(18)24-16)8-19-17(22)23-9-11-3-2-4-11/h5-7,11,21H,2-4,8-9H2,1H3,(H,19,22). The van der Waals surface area contributed by atoms with Crippen molar-refractivity contribution in [2.75, 3.05) is 6.61 Å². The lowest BCUT2D eigenvalue weighted by molar-refractivity contribution is 0.103. The van der Waals surface area contributed by atoms with Gasteiger partial charge in [-0.25, -0.2) is 9.78 Å². The maximum Gasteiger partial charge on any atom is 0.407 e. The van der Waals surface area contributed by atoms with Gasteiger partial charge in [0.15, 0.2) is 0 Å². The van der Waals surface area contributed by atoms with Crippen molar-refractivity contribution in [2.24, 2.45) is 5.92 Å². The van der Waals surface area contributed by atoms with E-state index in [-0.39, 0.29) is 5.75 Å². The molecule has 1 fully saturated rings. The van der Waals surface area contributed by atoms with Crippen LogP contribution in [-0.4, -0.2) is 22.8 Å². The molecule has 1 aliphatic rings. The highest BCUT2D eigenvalue weighted by Crippen LogP contribution is 2.35. The van der Waals surface area contributed by atoms with E-state index in [1.807, 2.05) is 6.07 Å². The van der Waals surface area contributed by atoms with Gasteiger partial charge in [-0.1, -0.05) is 18.0 Å². The van der Waals surface area contributed by atoms with Gasteiger partial charge in [-0.3, -0.25) is 0 Å². The van der Waals surface area contributed by atoms with E-state index in [2.05, 4.69) is 10.3 Å². The molecule has 0 radical (unpaired) electrons. The van der Waals surface area contributed by atoms with Gasteiger partial charge in [0, 0.05) is 6.54 Å². The lowest BCUT2D eigenvalue weighted by Crippen LogP contribution is -2.27. The van der Waals surface area contributed by atoms with Crippen LogP contribution in [0.2, 0.25) is 4.34 Å². The summed E-state index contributed by atoms with van der Waals surface area (Å²) in [5.41, 5.74) is 2.15. The van der Waals surface area contributed by atoms with E-state index in [9.17, 15) is 9.90 Å². The first kappa shape index (κ1) is 17.0. The van der Waals surface area contributed by atoms with Crippen molar-refractivity contribution < 1.29 is 14.6 Å². The Labute approximate surface area is 149 Å². The van der Waals surface area contributed by atoms with Crippen molar-refractivity contribution in [1.29, 1.82) is 0 Å². The Morgan fingerprint density at radius 2 is 2.29 bits per heavy atom. The van der Waals surface area contributed by atoms with Gasteiger partial charge in [0.1, 0.15) is 5.75 Å². The summed E-state index contributed by atoms with van der Waals surface area (Å²) in [5, 5.41) is 12.4. The highest BCUT2D eigenvalue weighted by Gasteiger charge is 2.19. The third-order valence-electron chi connectivity index (χ3n) is 4.17. The summed E-state index contributed by atoms with van der Waals surface area (Å²) in [5.74, 6) is 0.673. The minimum atomic E-state index is -0.412. The fourth-order valence-corrected chi connectivity index (χ4v) is 3.73. The normalized spacial score (nSPS) is 14.2. The number of aromatic hydroxyl groups is 1. The zero-order valence-electron chi connectivity index (χ0n) is 13.3. The summed E-state index contributed by atoms with van der Waals surface area (Å²) >= 11 is 7.52. The van der Waals surface area contributed by atoms with Gasteiger partial charge in [-0.05, 0) is 49.4 Å². The number of pyridine rings is 1.